The van der Waals surface area contributed by atoms with Gasteiger partial charge in [0.05, 0.1) is 11.5 Å². The van der Waals surface area contributed by atoms with Crippen LogP contribution in [0.25, 0.3) is 0 Å². The van der Waals surface area contributed by atoms with E-state index in [0.29, 0.717) is 12.1 Å². The summed E-state index contributed by atoms with van der Waals surface area (Å²) >= 11 is 0. The molecule has 0 aliphatic rings. The standard InChI is InChI=1S/C11H7F2NO4/c1-2-18-10(15)4-3-7-5-8(12)6-9(13)11(7)14(16)17/h5-6H,2H2,1H3. The smallest absolute Gasteiger partial charge is 0.384 e. The van der Waals surface area contributed by atoms with Gasteiger partial charge in [-0.1, -0.05) is 0 Å². The Morgan fingerprint density at radius 3 is 2.72 bits per heavy atom. The summed E-state index contributed by atoms with van der Waals surface area (Å²) in [6, 6.07) is 1.04. The van der Waals surface area contributed by atoms with Crippen molar-refractivity contribution in [3.63, 3.8) is 0 Å². The normalized spacial score (nSPS) is 9.28. The van der Waals surface area contributed by atoms with Gasteiger partial charge in [-0.3, -0.25) is 10.1 Å². The summed E-state index contributed by atoms with van der Waals surface area (Å²) in [4.78, 5) is 20.5. The molecular formula is C11H7F2NO4. The molecule has 0 radical (unpaired) electrons. The predicted molar refractivity (Wildman–Crippen MR) is 56.5 cm³/mol. The van der Waals surface area contributed by atoms with Gasteiger partial charge in [0.2, 0.25) is 5.82 Å². The van der Waals surface area contributed by atoms with Crippen molar-refractivity contribution in [1.82, 2.24) is 0 Å². The highest BCUT2D eigenvalue weighted by molar-refractivity contribution is 5.89. The van der Waals surface area contributed by atoms with Crippen LogP contribution in [0.3, 0.4) is 0 Å². The maximum Gasteiger partial charge on any atom is 0.384 e. The van der Waals surface area contributed by atoms with E-state index >= 15 is 0 Å². The molecule has 0 aromatic heterocycles. The third-order valence-corrected chi connectivity index (χ3v) is 1.79. The molecule has 1 rings (SSSR count). The van der Waals surface area contributed by atoms with E-state index in [1.165, 1.54) is 0 Å². The second-order valence-electron chi connectivity index (χ2n) is 3.01. The molecule has 1 aromatic carbocycles. The number of nitrogens with zero attached hydrogens (tertiary/aromatic N) is 1. The van der Waals surface area contributed by atoms with Crippen LogP contribution in [0.15, 0.2) is 12.1 Å². The first-order chi connectivity index (χ1) is 8.45. The molecule has 0 bridgehead atoms. The fourth-order valence-electron chi connectivity index (χ4n) is 1.13. The van der Waals surface area contributed by atoms with E-state index in [-0.39, 0.29) is 6.61 Å². The predicted octanol–water partition coefficient (Wildman–Crippen LogP) is 1.79. The molecule has 0 spiro atoms. The van der Waals surface area contributed by atoms with E-state index in [9.17, 15) is 23.7 Å². The van der Waals surface area contributed by atoms with Crippen LogP contribution in [0.4, 0.5) is 14.5 Å². The molecule has 0 fully saturated rings. The Kier molecular flexibility index (Phi) is 4.32. The molecule has 18 heavy (non-hydrogen) atoms. The SMILES string of the molecule is CCOC(=O)C#Cc1cc(F)cc(F)c1[N+](=O)[O-]. The van der Waals surface area contributed by atoms with Gasteiger partial charge in [-0.25, -0.2) is 9.18 Å². The minimum Gasteiger partial charge on any atom is -0.456 e. The second-order valence-corrected chi connectivity index (χ2v) is 3.01. The molecule has 0 heterocycles. The van der Waals surface area contributed by atoms with E-state index in [0.717, 1.165) is 0 Å². The fourth-order valence-corrected chi connectivity index (χ4v) is 1.13. The van der Waals surface area contributed by atoms with Crippen LogP contribution in [0.1, 0.15) is 12.5 Å². The molecule has 0 aliphatic carbocycles. The average molecular weight is 255 g/mol. The number of nitro benzene ring substituents is 1. The summed E-state index contributed by atoms with van der Waals surface area (Å²) in [7, 11) is 0. The largest absolute Gasteiger partial charge is 0.456 e. The Labute approximate surface area is 101 Å². The highest BCUT2D eigenvalue weighted by atomic mass is 19.1. The zero-order valence-corrected chi connectivity index (χ0v) is 9.20. The minimum absolute atomic E-state index is 0.0765. The van der Waals surface area contributed by atoms with E-state index in [1.54, 1.807) is 6.92 Å². The minimum atomic E-state index is -1.35. The van der Waals surface area contributed by atoms with Gasteiger partial charge in [0.25, 0.3) is 0 Å². The van der Waals surface area contributed by atoms with Crippen LogP contribution < -0.4 is 0 Å². The lowest BCUT2D eigenvalue weighted by atomic mass is 10.1. The molecular weight excluding hydrogens is 248 g/mol. The van der Waals surface area contributed by atoms with Crippen LogP contribution >= 0.6 is 0 Å². The molecule has 0 saturated heterocycles. The number of hydrogen-bond donors (Lipinski definition) is 0. The first-order valence-corrected chi connectivity index (χ1v) is 4.78. The molecule has 0 unspecified atom stereocenters. The van der Waals surface area contributed by atoms with Crippen molar-refractivity contribution in [2.45, 2.75) is 6.92 Å². The number of nitro groups is 1. The number of esters is 1. The van der Waals surface area contributed by atoms with Crippen LogP contribution in [0, 0.1) is 33.6 Å². The topological polar surface area (TPSA) is 69.4 Å². The van der Waals surface area contributed by atoms with Crippen molar-refractivity contribution in [3.05, 3.63) is 39.4 Å². The quantitative estimate of drug-likeness (QED) is 0.349. The number of carbonyl (C=O) groups is 1. The summed E-state index contributed by atoms with van der Waals surface area (Å²) < 4.78 is 30.5. The summed E-state index contributed by atoms with van der Waals surface area (Å²) in [6.45, 7) is 1.62. The molecule has 0 aliphatic heterocycles. The number of benzene rings is 1. The van der Waals surface area contributed by atoms with Crippen molar-refractivity contribution >= 4 is 11.7 Å². The van der Waals surface area contributed by atoms with Gasteiger partial charge in [0.15, 0.2) is 0 Å². The molecule has 0 amide bonds. The van der Waals surface area contributed by atoms with Crippen molar-refractivity contribution in [1.29, 1.82) is 0 Å². The molecule has 0 N–H and O–H groups in total. The van der Waals surface area contributed by atoms with Gasteiger partial charge in [-0.2, -0.15) is 4.39 Å². The van der Waals surface area contributed by atoms with Crippen LogP contribution in [0.5, 0.6) is 0 Å². The van der Waals surface area contributed by atoms with Gasteiger partial charge in [0, 0.05) is 12.0 Å². The van der Waals surface area contributed by atoms with Crippen LogP contribution in [0.2, 0.25) is 0 Å². The van der Waals surface area contributed by atoms with Crippen molar-refractivity contribution in [3.8, 4) is 11.8 Å². The molecule has 0 atom stereocenters. The lowest BCUT2D eigenvalue weighted by Gasteiger charge is -1.97. The van der Waals surface area contributed by atoms with Gasteiger partial charge in [-0.15, -0.1) is 0 Å². The maximum absolute atomic E-state index is 13.2. The zero-order valence-electron chi connectivity index (χ0n) is 9.20. The highest BCUT2D eigenvalue weighted by Gasteiger charge is 2.20. The number of halogens is 2. The van der Waals surface area contributed by atoms with Crippen molar-refractivity contribution in [2.24, 2.45) is 0 Å². The van der Waals surface area contributed by atoms with Crippen molar-refractivity contribution in [2.75, 3.05) is 6.61 Å². The average Bonchev–Trinajstić information content (AvgIpc) is 2.25. The Morgan fingerprint density at radius 2 is 2.17 bits per heavy atom. The van der Waals surface area contributed by atoms with Gasteiger partial charge >= 0.3 is 11.7 Å². The molecule has 5 nitrogen and oxygen atoms in total. The Morgan fingerprint density at radius 1 is 1.50 bits per heavy atom. The monoisotopic (exact) mass is 255 g/mol. The van der Waals surface area contributed by atoms with Crippen molar-refractivity contribution < 1.29 is 23.2 Å². The summed E-state index contributed by atoms with van der Waals surface area (Å²) in [5.41, 5.74) is -1.50. The van der Waals surface area contributed by atoms with Gasteiger partial charge in [0.1, 0.15) is 11.4 Å². The van der Waals surface area contributed by atoms with Gasteiger partial charge in [-0.05, 0) is 18.9 Å². The first kappa shape index (κ1) is 13.6. The first-order valence-electron chi connectivity index (χ1n) is 4.78. The van der Waals surface area contributed by atoms with E-state index in [4.69, 9.17) is 0 Å². The zero-order chi connectivity index (χ0) is 13.7. The maximum atomic E-state index is 13.2. The third-order valence-electron chi connectivity index (χ3n) is 1.79. The second kappa shape index (κ2) is 5.72. The Hall–Kier alpha value is -2.49. The van der Waals surface area contributed by atoms with E-state index in [1.807, 2.05) is 11.8 Å². The van der Waals surface area contributed by atoms with Crippen LogP contribution in [-0.2, 0) is 9.53 Å². The number of hydrogen-bond acceptors (Lipinski definition) is 4. The molecule has 1 aromatic rings. The number of rotatable bonds is 2. The summed E-state index contributed by atoms with van der Waals surface area (Å²) in [6.07, 6.45) is 0. The summed E-state index contributed by atoms with van der Waals surface area (Å²) in [5.74, 6) is 0.606. The number of ether oxygens (including phenoxy) is 1. The molecule has 7 heteroatoms. The molecule has 0 saturated carbocycles. The lowest BCUT2D eigenvalue weighted by Crippen LogP contribution is -2.01. The third kappa shape index (κ3) is 3.25. The lowest BCUT2D eigenvalue weighted by molar-refractivity contribution is -0.387. The Balaban J connectivity index is 3.23. The van der Waals surface area contributed by atoms with Gasteiger partial charge < -0.3 is 4.74 Å². The van der Waals surface area contributed by atoms with Crippen LogP contribution in [-0.4, -0.2) is 17.5 Å². The Bertz CT molecular complexity index is 560. The highest BCUT2D eigenvalue weighted by Crippen LogP contribution is 2.23. The molecule has 94 valence electrons. The fraction of sp³-hybridized carbons (Fsp3) is 0.182. The van der Waals surface area contributed by atoms with E-state index < -0.39 is 33.8 Å². The number of carbonyl (C=O) groups excluding carboxylic acids is 1. The summed E-state index contributed by atoms with van der Waals surface area (Å²) in [5, 5.41) is 10.6. The van der Waals surface area contributed by atoms with E-state index in [2.05, 4.69) is 4.74 Å².